The zero-order valence-corrected chi connectivity index (χ0v) is 21.1. The van der Waals surface area contributed by atoms with E-state index >= 15 is 0 Å². The molecule has 4 rings (SSSR count). The average molecular weight is 567 g/mol. The van der Waals surface area contributed by atoms with E-state index in [0.29, 0.717) is 5.56 Å². The number of carboxylic acid groups (broad SMARTS) is 1. The molecular weight excluding hydrogens is 536 g/mol. The number of aliphatic carboxylic acids is 1. The number of rotatable bonds is 9. The maximum atomic E-state index is 12.2. The molecule has 0 unspecified atom stereocenters. The Morgan fingerprint density at radius 1 is 1.12 bits per heavy atom. The number of phenols is 1. The lowest BCUT2D eigenvalue weighted by Gasteiger charge is -2.44. The molecule has 14 heteroatoms. The lowest BCUT2D eigenvalue weighted by molar-refractivity contribution is -0.346. The van der Waals surface area contributed by atoms with Gasteiger partial charge in [-0.2, -0.15) is 0 Å². The second-order valence-electron chi connectivity index (χ2n) is 9.49. The van der Waals surface area contributed by atoms with Crippen LogP contribution in [0.2, 0.25) is 0 Å². The van der Waals surface area contributed by atoms with Gasteiger partial charge in [-0.05, 0) is 23.8 Å². The first-order valence-corrected chi connectivity index (χ1v) is 12.2. The number of allylic oxidation sites excluding steroid dienone is 1. The molecule has 40 heavy (non-hydrogen) atoms. The maximum Gasteiger partial charge on any atom is 0.335 e. The van der Waals surface area contributed by atoms with Crippen molar-refractivity contribution in [3.63, 3.8) is 0 Å². The van der Waals surface area contributed by atoms with Gasteiger partial charge in [-0.15, -0.1) is 0 Å². The number of aromatic hydroxyl groups is 1. The van der Waals surface area contributed by atoms with Gasteiger partial charge in [0.1, 0.15) is 36.6 Å². The fraction of sp³-hybridized carbons (Fsp3) is 0.462. The second-order valence-corrected chi connectivity index (χ2v) is 9.49. The highest BCUT2D eigenvalue weighted by molar-refractivity contribution is 5.88. The Balaban J connectivity index is 1.42. The quantitative estimate of drug-likeness (QED) is 0.104. The molecule has 7 N–H and O–H groups in total. The van der Waals surface area contributed by atoms with E-state index in [1.54, 1.807) is 0 Å². The Morgan fingerprint density at radius 2 is 1.88 bits per heavy atom. The van der Waals surface area contributed by atoms with E-state index < -0.39 is 79.6 Å². The van der Waals surface area contributed by atoms with Gasteiger partial charge in [-0.1, -0.05) is 18.2 Å². The molecule has 1 aliphatic carbocycles. The third kappa shape index (κ3) is 5.83. The number of hydrogen-bond donors (Lipinski definition) is 7. The number of carbonyl (C=O) groups is 2. The van der Waals surface area contributed by atoms with Crippen LogP contribution in [0.1, 0.15) is 5.56 Å². The fourth-order valence-electron chi connectivity index (χ4n) is 4.76. The normalized spacial score (nSPS) is 35.1. The Bertz CT molecular complexity index is 1190. The van der Waals surface area contributed by atoms with Crippen molar-refractivity contribution in [2.24, 2.45) is 11.8 Å². The summed E-state index contributed by atoms with van der Waals surface area (Å²) in [4.78, 5) is 23.9. The number of hydrogen-bond acceptors (Lipinski definition) is 13. The van der Waals surface area contributed by atoms with Crippen molar-refractivity contribution in [2.45, 2.75) is 42.6 Å². The van der Waals surface area contributed by atoms with Crippen LogP contribution in [0.3, 0.4) is 0 Å². The van der Waals surface area contributed by atoms with Crippen LogP contribution in [0.15, 0.2) is 48.3 Å². The minimum absolute atomic E-state index is 0.0825. The number of carboxylic acids is 1. The maximum absolute atomic E-state index is 12.2. The molecule has 14 nitrogen and oxygen atoms in total. The molecule has 0 spiro atoms. The Morgan fingerprint density at radius 3 is 2.55 bits per heavy atom. The van der Waals surface area contributed by atoms with Crippen LogP contribution in [0.25, 0.3) is 6.08 Å². The van der Waals surface area contributed by atoms with Crippen molar-refractivity contribution in [1.29, 1.82) is 0 Å². The number of esters is 1. The van der Waals surface area contributed by atoms with E-state index in [4.69, 9.17) is 23.7 Å². The number of aliphatic hydroxyl groups is 5. The first-order chi connectivity index (χ1) is 19.0. The van der Waals surface area contributed by atoms with Crippen molar-refractivity contribution < 1.29 is 69.0 Å². The van der Waals surface area contributed by atoms with E-state index in [-0.39, 0.29) is 17.1 Å². The van der Waals surface area contributed by atoms with E-state index in [0.717, 1.165) is 12.3 Å². The predicted octanol–water partition coefficient (Wildman–Crippen LogP) is -1.37. The summed E-state index contributed by atoms with van der Waals surface area (Å²) in [6.45, 7) is -1.35. The highest BCUT2D eigenvalue weighted by Crippen LogP contribution is 2.45. The van der Waals surface area contributed by atoms with Gasteiger partial charge in [0, 0.05) is 12.0 Å². The third-order valence-corrected chi connectivity index (χ3v) is 6.98. The molecule has 1 saturated heterocycles. The van der Waals surface area contributed by atoms with Crippen molar-refractivity contribution >= 4 is 18.0 Å². The summed E-state index contributed by atoms with van der Waals surface area (Å²) in [6.07, 6.45) is -3.78. The molecule has 0 aromatic heterocycles. The summed E-state index contributed by atoms with van der Waals surface area (Å²) in [5.41, 5.74) is -1.61. The molecule has 3 aliphatic rings. The van der Waals surface area contributed by atoms with Crippen LogP contribution in [0, 0.1) is 11.8 Å². The van der Waals surface area contributed by atoms with Crippen molar-refractivity contribution in [1.82, 2.24) is 0 Å². The van der Waals surface area contributed by atoms with Crippen LogP contribution in [0.4, 0.5) is 0 Å². The van der Waals surface area contributed by atoms with Gasteiger partial charge < -0.3 is 59.4 Å². The monoisotopic (exact) mass is 566 g/mol. The molecule has 0 amide bonds. The van der Waals surface area contributed by atoms with Crippen LogP contribution < -0.4 is 4.74 Å². The zero-order chi connectivity index (χ0) is 29.2. The number of benzene rings is 1. The zero-order valence-electron chi connectivity index (χ0n) is 21.1. The van der Waals surface area contributed by atoms with E-state index in [1.807, 2.05) is 0 Å². The van der Waals surface area contributed by atoms with Crippen LogP contribution in [-0.4, -0.2) is 111 Å². The summed E-state index contributed by atoms with van der Waals surface area (Å²) in [7, 11) is 1.37. The average Bonchev–Trinajstić information content (AvgIpc) is 3.30. The summed E-state index contributed by atoms with van der Waals surface area (Å²) in [5.74, 6) is -4.11. The number of carbonyl (C=O) groups excluding carboxylic acids is 1. The molecule has 2 heterocycles. The van der Waals surface area contributed by atoms with Crippen molar-refractivity contribution in [3.8, 4) is 11.5 Å². The SMILES string of the molecule is COc1cc(/C=C\C(=O)OC[C@@H]2O[C@H](O[C@@H]3OC=C(C(=O)O)[C@H]4C=C[C@](O)(CO)[C@@H]34)[C@H](O)[C@@H](O)[C@@H]2O)ccc1O. The molecule has 0 saturated carbocycles. The van der Waals surface area contributed by atoms with E-state index in [2.05, 4.69) is 0 Å². The van der Waals surface area contributed by atoms with Crippen molar-refractivity contribution in [2.75, 3.05) is 20.3 Å². The Labute approximate surface area is 227 Å². The number of methoxy groups -OCH3 is 1. The van der Waals surface area contributed by atoms with E-state index in [1.165, 1.54) is 43.5 Å². The van der Waals surface area contributed by atoms with Gasteiger partial charge in [-0.25, -0.2) is 9.59 Å². The Hall–Kier alpha value is -3.50. The molecule has 0 radical (unpaired) electrons. The van der Waals surface area contributed by atoms with E-state index in [9.17, 15) is 45.3 Å². The fourth-order valence-corrected chi connectivity index (χ4v) is 4.76. The molecule has 2 aliphatic heterocycles. The summed E-state index contributed by atoms with van der Waals surface area (Å²) in [5, 5.41) is 70.9. The van der Waals surface area contributed by atoms with Crippen LogP contribution in [0.5, 0.6) is 11.5 Å². The predicted molar refractivity (Wildman–Crippen MR) is 131 cm³/mol. The standard InChI is InChI=1S/C26H30O14/c1-36-16-8-12(2-4-15(16)28)3-5-18(29)37-10-17-20(30)21(31)22(32)25(39-17)40-24-19-13(6-7-26(19,35)11-27)14(9-38-24)23(33)34/h2-9,13,17,19-22,24-25,27-28,30-32,35H,10-11H2,1H3,(H,33,34)/b5-3-/t13-,17+,19-,20-,21+,22-,24+,25-,26+/m1/s1. The largest absolute Gasteiger partial charge is 0.504 e. The van der Waals surface area contributed by atoms with Crippen LogP contribution in [-0.2, 0) is 28.5 Å². The van der Waals surface area contributed by atoms with Gasteiger partial charge in [0.15, 0.2) is 17.8 Å². The van der Waals surface area contributed by atoms with Crippen LogP contribution >= 0.6 is 0 Å². The molecule has 218 valence electrons. The minimum atomic E-state index is -1.93. The number of ether oxygens (including phenoxy) is 5. The molecule has 1 aromatic rings. The highest BCUT2D eigenvalue weighted by atomic mass is 16.8. The molecule has 0 bridgehead atoms. The number of fused-ring (bicyclic) bond motifs is 1. The van der Waals surface area contributed by atoms with Gasteiger partial charge in [0.2, 0.25) is 6.29 Å². The van der Waals surface area contributed by atoms with Gasteiger partial charge in [0.05, 0.1) is 31.5 Å². The van der Waals surface area contributed by atoms with Crippen molar-refractivity contribution in [3.05, 3.63) is 53.8 Å². The highest BCUT2D eigenvalue weighted by Gasteiger charge is 2.55. The smallest absolute Gasteiger partial charge is 0.335 e. The minimum Gasteiger partial charge on any atom is -0.504 e. The topological polar surface area (TPSA) is 222 Å². The second kappa shape index (κ2) is 11.9. The van der Waals surface area contributed by atoms with Gasteiger partial charge in [-0.3, -0.25) is 0 Å². The summed E-state index contributed by atoms with van der Waals surface area (Å²) < 4.78 is 26.7. The van der Waals surface area contributed by atoms with Gasteiger partial charge >= 0.3 is 11.9 Å². The summed E-state index contributed by atoms with van der Waals surface area (Å²) in [6, 6.07) is 4.39. The summed E-state index contributed by atoms with van der Waals surface area (Å²) >= 11 is 0. The molecule has 9 atom stereocenters. The number of phenolic OH excluding ortho intramolecular Hbond substituents is 1. The van der Waals surface area contributed by atoms with Gasteiger partial charge in [0.25, 0.3) is 0 Å². The first kappa shape index (κ1) is 29.5. The lowest BCUT2D eigenvalue weighted by Crippen LogP contribution is -2.61. The lowest BCUT2D eigenvalue weighted by atomic mass is 9.79. The number of aliphatic hydroxyl groups excluding tert-OH is 4. The molecule has 1 fully saturated rings. The third-order valence-electron chi connectivity index (χ3n) is 6.98. The Kier molecular flexibility index (Phi) is 8.80. The molecule has 1 aromatic carbocycles. The first-order valence-electron chi connectivity index (χ1n) is 12.2. The molecular formula is C26H30O14.